The highest BCUT2D eigenvalue weighted by molar-refractivity contribution is 6.31. The summed E-state index contributed by atoms with van der Waals surface area (Å²) in [6.07, 6.45) is 3.37. The standard InChI is InChI=1S/C39H50Cl2F2N6O3/c1-37(2,3)18-31-39(22-44,28-14-13-25(40)17-30(28)42)33(27-9-8-10-29(41)34(27)43)35(49(31)19-24-11-12-24)36(51)45-32-15-16-48(46-32)23-38(4,5)52-21-26(50)20-47(6)7/h8-10,13-17,24,26,31,33,35,50H,11-12,18-21,23H2,1-7H3,(H,45,46,51). The molecular formula is C39H50Cl2F2N6O3. The Balaban J connectivity index is 1.58. The van der Waals surface area contributed by atoms with Gasteiger partial charge >= 0.3 is 0 Å². The maximum Gasteiger partial charge on any atom is 0.243 e. The van der Waals surface area contributed by atoms with Crippen molar-refractivity contribution in [3.8, 4) is 6.07 Å². The summed E-state index contributed by atoms with van der Waals surface area (Å²) in [4.78, 5) is 18.7. The smallest absolute Gasteiger partial charge is 0.243 e. The third-order valence-corrected chi connectivity index (χ3v) is 10.4. The van der Waals surface area contributed by atoms with Gasteiger partial charge in [0.2, 0.25) is 5.91 Å². The third kappa shape index (κ3) is 8.98. The number of likely N-dealkylation sites (N-methyl/N-ethyl adjacent to an activating group) is 1. The maximum absolute atomic E-state index is 16.3. The van der Waals surface area contributed by atoms with Crippen LogP contribution in [0.3, 0.4) is 0 Å². The van der Waals surface area contributed by atoms with Crippen molar-refractivity contribution >= 4 is 34.9 Å². The fourth-order valence-electron chi connectivity index (χ4n) is 7.60. The molecule has 5 unspecified atom stereocenters. The highest BCUT2D eigenvalue weighted by Gasteiger charge is 2.65. The first kappa shape index (κ1) is 40.1. The van der Waals surface area contributed by atoms with E-state index in [-0.39, 0.29) is 44.9 Å². The number of anilines is 1. The predicted octanol–water partition coefficient (Wildman–Crippen LogP) is 7.27. The lowest BCUT2D eigenvalue weighted by atomic mass is 9.62. The zero-order chi connectivity index (χ0) is 38.2. The van der Waals surface area contributed by atoms with Crippen molar-refractivity contribution in [2.75, 3.05) is 39.1 Å². The van der Waals surface area contributed by atoms with Crippen molar-refractivity contribution in [1.29, 1.82) is 5.26 Å². The van der Waals surface area contributed by atoms with Crippen molar-refractivity contribution in [2.45, 2.75) is 95.5 Å². The Bertz CT molecular complexity index is 1790. The second-order valence-electron chi connectivity index (χ2n) is 16.5. The lowest BCUT2D eigenvalue weighted by molar-refractivity contribution is -0.121. The lowest BCUT2D eigenvalue weighted by Crippen LogP contribution is -2.48. The van der Waals surface area contributed by atoms with E-state index in [1.165, 1.54) is 24.3 Å². The highest BCUT2D eigenvalue weighted by atomic mass is 35.5. The Morgan fingerprint density at radius 2 is 1.88 bits per heavy atom. The highest BCUT2D eigenvalue weighted by Crippen LogP contribution is 2.57. The molecule has 1 aliphatic heterocycles. The average Bonchev–Trinajstić information content (AvgIpc) is 3.70. The van der Waals surface area contributed by atoms with E-state index < -0.39 is 52.7 Å². The molecule has 1 aliphatic carbocycles. The summed E-state index contributed by atoms with van der Waals surface area (Å²) in [6.45, 7) is 11.3. The van der Waals surface area contributed by atoms with Crippen LogP contribution < -0.4 is 5.32 Å². The van der Waals surface area contributed by atoms with Gasteiger partial charge in [-0.2, -0.15) is 10.4 Å². The molecular weight excluding hydrogens is 709 g/mol. The molecule has 2 aliphatic rings. The van der Waals surface area contributed by atoms with E-state index in [0.29, 0.717) is 26.1 Å². The van der Waals surface area contributed by atoms with Gasteiger partial charge in [0.25, 0.3) is 0 Å². The zero-order valence-electron chi connectivity index (χ0n) is 31.0. The molecule has 52 heavy (non-hydrogen) atoms. The minimum atomic E-state index is -1.72. The van der Waals surface area contributed by atoms with Gasteiger partial charge in [0.15, 0.2) is 5.82 Å². The van der Waals surface area contributed by atoms with Crippen molar-refractivity contribution in [3.63, 3.8) is 0 Å². The minimum Gasteiger partial charge on any atom is -0.389 e. The largest absolute Gasteiger partial charge is 0.389 e. The van der Waals surface area contributed by atoms with E-state index in [2.05, 4.69) is 16.5 Å². The topological polar surface area (TPSA) is 107 Å². The molecule has 0 spiro atoms. The van der Waals surface area contributed by atoms with Crippen molar-refractivity contribution < 1.29 is 23.4 Å². The number of nitrogens with one attached hydrogen (secondary N) is 1. The molecule has 2 heterocycles. The van der Waals surface area contributed by atoms with Crippen LogP contribution in [0.15, 0.2) is 48.7 Å². The molecule has 1 saturated carbocycles. The van der Waals surface area contributed by atoms with Crippen LogP contribution >= 0.6 is 23.2 Å². The molecule has 9 nitrogen and oxygen atoms in total. The van der Waals surface area contributed by atoms with Gasteiger partial charge in [0.1, 0.15) is 17.0 Å². The van der Waals surface area contributed by atoms with E-state index >= 15 is 8.78 Å². The number of aromatic nitrogens is 2. The molecule has 2 aromatic carbocycles. The summed E-state index contributed by atoms with van der Waals surface area (Å²) in [5, 5.41) is 29.3. The maximum atomic E-state index is 16.3. The Morgan fingerprint density at radius 3 is 2.50 bits per heavy atom. The number of aliphatic hydroxyl groups excluding tert-OH is 1. The number of aliphatic hydroxyl groups is 1. The van der Waals surface area contributed by atoms with E-state index in [4.69, 9.17) is 27.9 Å². The number of nitrogens with zero attached hydrogens (tertiary/aromatic N) is 5. The van der Waals surface area contributed by atoms with Crippen LogP contribution in [0.25, 0.3) is 0 Å². The van der Waals surface area contributed by atoms with Crippen LogP contribution in [-0.2, 0) is 21.5 Å². The molecule has 1 saturated heterocycles. The monoisotopic (exact) mass is 758 g/mol. The summed E-state index contributed by atoms with van der Waals surface area (Å²) in [7, 11) is 3.75. The molecule has 2 N–H and O–H groups in total. The summed E-state index contributed by atoms with van der Waals surface area (Å²) < 4.78 is 40.2. The van der Waals surface area contributed by atoms with Crippen LogP contribution in [-0.4, -0.2) is 88.2 Å². The van der Waals surface area contributed by atoms with E-state index in [0.717, 1.165) is 18.9 Å². The van der Waals surface area contributed by atoms with Crippen LogP contribution in [0.4, 0.5) is 14.6 Å². The first-order valence-corrected chi connectivity index (χ1v) is 18.5. The van der Waals surface area contributed by atoms with Gasteiger partial charge in [-0.05, 0) is 82.3 Å². The first-order chi connectivity index (χ1) is 24.3. The zero-order valence-corrected chi connectivity index (χ0v) is 32.5. The van der Waals surface area contributed by atoms with Gasteiger partial charge in [-0.15, -0.1) is 0 Å². The number of carbonyl (C=O) groups is 1. The molecule has 0 bridgehead atoms. The second-order valence-corrected chi connectivity index (χ2v) is 17.3. The summed E-state index contributed by atoms with van der Waals surface area (Å²) in [6, 6.07) is 11.1. The molecule has 1 aromatic heterocycles. The average molecular weight is 760 g/mol. The summed E-state index contributed by atoms with van der Waals surface area (Å²) in [5.74, 6) is -2.60. The summed E-state index contributed by atoms with van der Waals surface area (Å²) >= 11 is 12.6. The molecule has 1 amide bonds. The van der Waals surface area contributed by atoms with Crippen molar-refractivity contribution in [3.05, 3.63) is 81.5 Å². The van der Waals surface area contributed by atoms with Gasteiger partial charge in [0.05, 0.1) is 42.0 Å². The number of hydrogen-bond acceptors (Lipinski definition) is 7. The fraction of sp³-hybridized carbons (Fsp3) is 0.564. The predicted molar refractivity (Wildman–Crippen MR) is 199 cm³/mol. The minimum absolute atomic E-state index is 0.0522. The molecule has 13 heteroatoms. The number of rotatable bonds is 14. The molecule has 5 rings (SSSR count). The number of halogens is 4. The number of benzene rings is 2. The van der Waals surface area contributed by atoms with Gasteiger partial charge in [-0.1, -0.05) is 62.2 Å². The number of hydrogen-bond donors (Lipinski definition) is 2. The second kappa shape index (κ2) is 15.7. The Labute approximate surface area is 315 Å². The molecule has 282 valence electrons. The van der Waals surface area contributed by atoms with E-state index in [9.17, 15) is 15.2 Å². The molecule has 3 aromatic rings. The number of carbonyl (C=O) groups excluding carboxylic acids is 1. The van der Waals surface area contributed by atoms with Gasteiger partial charge in [-0.3, -0.25) is 14.4 Å². The number of ether oxygens (including phenoxy) is 1. The number of likely N-dealkylation sites (tertiary alicyclic amines) is 1. The number of amides is 1. The van der Waals surface area contributed by atoms with Crippen LogP contribution in [0.1, 0.15) is 70.9 Å². The Morgan fingerprint density at radius 1 is 1.17 bits per heavy atom. The normalized spacial score (nSPS) is 23.2. The molecule has 5 atom stereocenters. The summed E-state index contributed by atoms with van der Waals surface area (Å²) in [5.41, 5.74) is -2.67. The van der Waals surface area contributed by atoms with Gasteiger partial charge in [0, 0.05) is 47.9 Å². The van der Waals surface area contributed by atoms with Crippen molar-refractivity contribution in [1.82, 2.24) is 19.6 Å². The van der Waals surface area contributed by atoms with Gasteiger partial charge < -0.3 is 20.1 Å². The van der Waals surface area contributed by atoms with E-state index in [1.54, 1.807) is 23.0 Å². The molecule has 0 radical (unpaired) electrons. The molecule has 2 fully saturated rings. The number of nitriles is 1. The van der Waals surface area contributed by atoms with Crippen LogP contribution in [0, 0.1) is 34.3 Å². The Hall–Kier alpha value is -3.11. The fourth-order valence-corrected chi connectivity index (χ4v) is 7.94. The third-order valence-electron chi connectivity index (χ3n) is 9.89. The lowest BCUT2D eigenvalue weighted by Gasteiger charge is -2.39. The quantitative estimate of drug-likeness (QED) is 0.178. The first-order valence-electron chi connectivity index (χ1n) is 17.7. The van der Waals surface area contributed by atoms with Crippen LogP contribution in [0.2, 0.25) is 10.0 Å². The van der Waals surface area contributed by atoms with Crippen LogP contribution in [0.5, 0.6) is 0 Å². The van der Waals surface area contributed by atoms with Crippen molar-refractivity contribution in [2.24, 2.45) is 11.3 Å². The van der Waals surface area contributed by atoms with Gasteiger partial charge in [-0.25, -0.2) is 8.78 Å². The van der Waals surface area contributed by atoms with E-state index in [1.807, 2.05) is 58.5 Å². The SMILES string of the molecule is CN(C)CC(O)COC(C)(C)Cn1ccc(NC(=O)C2C(c3cccc(Cl)c3F)C(C#N)(c3ccc(Cl)cc3F)C(CC(C)(C)C)N2CC2CC2)n1. The Kier molecular flexibility index (Phi) is 12.1.